The molecular formula is C12H13NO2. The van der Waals surface area contributed by atoms with Gasteiger partial charge in [-0.1, -0.05) is 6.07 Å². The van der Waals surface area contributed by atoms with Crippen molar-refractivity contribution in [2.24, 2.45) is 0 Å². The van der Waals surface area contributed by atoms with Crippen molar-refractivity contribution in [3.05, 3.63) is 36.0 Å². The van der Waals surface area contributed by atoms with Crippen LogP contribution in [-0.2, 0) is 0 Å². The summed E-state index contributed by atoms with van der Waals surface area (Å²) in [6.07, 6.45) is 1.25. The molecule has 0 bridgehead atoms. The first-order valence-corrected chi connectivity index (χ1v) is 4.83. The summed E-state index contributed by atoms with van der Waals surface area (Å²) in [5.41, 5.74) is 0.899. The molecule has 78 valence electrons. The number of ether oxygens (including phenoxy) is 1. The second-order valence-electron chi connectivity index (χ2n) is 3.48. The SMILES string of the molecule is COc1nccc2cc(C(C)O)ccc12. The molecule has 2 rings (SSSR count). The number of benzene rings is 1. The average Bonchev–Trinajstić information content (AvgIpc) is 2.27. The lowest BCUT2D eigenvalue weighted by Crippen LogP contribution is -1.92. The van der Waals surface area contributed by atoms with E-state index < -0.39 is 6.10 Å². The highest BCUT2D eigenvalue weighted by Gasteiger charge is 2.05. The Labute approximate surface area is 88.3 Å². The van der Waals surface area contributed by atoms with Gasteiger partial charge in [-0.25, -0.2) is 4.98 Å². The third-order valence-corrected chi connectivity index (χ3v) is 2.43. The predicted molar refractivity (Wildman–Crippen MR) is 58.9 cm³/mol. The van der Waals surface area contributed by atoms with Crippen molar-refractivity contribution < 1.29 is 9.84 Å². The Morgan fingerprint density at radius 1 is 1.33 bits per heavy atom. The standard InChI is InChI=1S/C12H13NO2/c1-8(14)9-3-4-11-10(7-9)5-6-13-12(11)15-2/h3-8,14H,1-2H3. The number of hydrogen-bond donors (Lipinski definition) is 1. The molecule has 0 radical (unpaired) electrons. The number of aliphatic hydroxyl groups is 1. The fourth-order valence-electron chi connectivity index (χ4n) is 1.59. The quantitative estimate of drug-likeness (QED) is 0.814. The molecule has 1 atom stereocenters. The van der Waals surface area contributed by atoms with Gasteiger partial charge in [0.15, 0.2) is 0 Å². The Balaban J connectivity index is 2.63. The normalized spacial score (nSPS) is 12.7. The van der Waals surface area contributed by atoms with Crippen molar-refractivity contribution >= 4 is 10.8 Å². The molecule has 1 heterocycles. The van der Waals surface area contributed by atoms with E-state index in [1.54, 1.807) is 20.2 Å². The first-order valence-electron chi connectivity index (χ1n) is 4.83. The van der Waals surface area contributed by atoms with Crippen LogP contribution >= 0.6 is 0 Å². The second-order valence-corrected chi connectivity index (χ2v) is 3.48. The summed E-state index contributed by atoms with van der Waals surface area (Å²) in [5.74, 6) is 0.615. The maximum absolute atomic E-state index is 9.46. The largest absolute Gasteiger partial charge is 0.481 e. The monoisotopic (exact) mass is 203 g/mol. The molecule has 1 aromatic heterocycles. The fraction of sp³-hybridized carbons (Fsp3) is 0.250. The van der Waals surface area contributed by atoms with Gasteiger partial charge in [0.1, 0.15) is 0 Å². The molecule has 0 spiro atoms. The Kier molecular flexibility index (Phi) is 2.56. The van der Waals surface area contributed by atoms with Crippen LogP contribution in [0, 0.1) is 0 Å². The van der Waals surface area contributed by atoms with E-state index in [0.29, 0.717) is 5.88 Å². The molecular weight excluding hydrogens is 190 g/mol. The molecule has 15 heavy (non-hydrogen) atoms. The summed E-state index contributed by atoms with van der Waals surface area (Å²) in [6, 6.07) is 7.66. The summed E-state index contributed by atoms with van der Waals surface area (Å²) < 4.78 is 5.15. The molecule has 0 aliphatic rings. The van der Waals surface area contributed by atoms with Crippen molar-refractivity contribution in [1.29, 1.82) is 0 Å². The Bertz CT molecular complexity index is 480. The maximum Gasteiger partial charge on any atom is 0.221 e. The summed E-state index contributed by atoms with van der Waals surface area (Å²) in [5, 5.41) is 11.5. The van der Waals surface area contributed by atoms with Crippen LogP contribution in [-0.4, -0.2) is 17.2 Å². The lowest BCUT2D eigenvalue weighted by Gasteiger charge is -2.08. The molecule has 1 N–H and O–H groups in total. The lowest BCUT2D eigenvalue weighted by molar-refractivity contribution is 0.199. The van der Waals surface area contributed by atoms with Crippen LogP contribution < -0.4 is 4.74 Å². The zero-order valence-corrected chi connectivity index (χ0v) is 8.77. The second kappa shape index (κ2) is 3.87. The van der Waals surface area contributed by atoms with Crippen LogP contribution in [0.25, 0.3) is 10.8 Å². The summed E-state index contributed by atoms with van der Waals surface area (Å²) in [4.78, 5) is 4.12. The van der Waals surface area contributed by atoms with Gasteiger partial charge < -0.3 is 9.84 Å². The van der Waals surface area contributed by atoms with E-state index in [9.17, 15) is 5.11 Å². The third-order valence-electron chi connectivity index (χ3n) is 2.43. The minimum Gasteiger partial charge on any atom is -0.481 e. The zero-order valence-electron chi connectivity index (χ0n) is 8.77. The topological polar surface area (TPSA) is 42.4 Å². The number of methoxy groups -OCH3 is 1. The number of aromatic nitrogens is 1. The highest BCUT2D eigenvalue weighted by molar-refractivity contribution is 5.87. The Morgan fingerprint density at radius 2 is 2.13 bits per heavy atom. The van der Waals surface area contributed by atoms with Crippen LogP contribution in [0.4, 0.5) is 0 Å². The molecule has 1 unspecified atom stereocenters. The van der Waals surface area contributed by atoms with E-state index in [-0.39, 0.29) is 0 Å². The number of nitrogens with zero attached hydrogens (tertiary/aromatic N) is 1. The maximum atomic E-state index is 9.46. The molecule has 0 saturated carbocycles. The molecule has 3 nitrogen and oxygen atoms in total. The molecule has 1 aromatic carbocycles. The van der Waals surface area contributed by atoms with Crippen molar-refractivity contribution in [1.82, 2.24) is 4.98 Å². The van der Waals surface area contributed by atoms with E-state index in [1.165, 1.54) is 0 Å². The first kappa shape index (κ1) is 9.93. The Morgan fingerprint density at radius 3 is 2.80 bits per heavy atom. The molecule has 0 fully saturated rings. The van der Waals surface area contributed by atoms with Gasteiger partial charge in [-0.2, -0.15) is 0 Å². The van der Waals surface area contributed by atoms with Crippen molar-refractivity contribution in [3.63, 3.8) is 0 Å². The van der Waals surface area contributed by atoms with Crippen molar-refractivity contribution in [2.75, 3.05) is 7.11 Å². The average molecular weight is 203 g/mol. The van der Waals surface area contributed by atoms with Gasteiger partial charge in [0.25, 0.3) is 0 Å². The van der Waals surface area contributed by atoms with Gasteiger partial charge in [-0.15, -0.1) is 0 Å². The van der Waals surface area contributed by atoms with E-state index in [2.05, 4.69) is 4.98 Å². The molecule has 2 aromatic rings. The van der Waals surface area contributed by atoms with Crippen LogP contribution in [0.2, 0.25) is 0 Å². The minimum absolute atomic E-state index is 0.450. The summed E-state index contributed by atoms with van der Waals surface area (Å²) >= 11 is 0. The number of rotatable bonds is 2. The van der Waals surface area contributed by atoms with Gasteiger partial charge in [0.2, 0.25) is 5.88 Å². The van der Waals surface area contributed by atoms with E-state index in [0.717, 1.165) is 16.3 Å². The number of hydrogen-bond acceptors (Lipinski definition) is 3. The number of pyridine rings is 1. The molecule has 3 heteroatoms. The lowest BCUT2D eigenvalue weighted by atomic mass is 10.1. The molecule has 0 aliphatic carbocycles. The van der Waals surface area contributed by atoms with Crippen LogP contribution in [0.3, 0.4) is 0 Å². The van der Waals surface area contributed by atoms with Gasteiger partial charge >= 0.3 is 0 Å². The highest BCUT2D eigenvalue weighted by Crippen LogP contribution is 2.25. The van der Waals surface area contributed by atoms with Gasteiger partial charge in [-0.05, 0) is 36.1 Å². The third kappa shape index (κ3) is 1.78. The Hall–Kier alpha value is -1.61. The first-order chi connectivity index (χ1) is 7.22. The molecule has 0 amide bonds. The van der Waals surface area contributed by atoms with E-state index in [1.807, 2.05) is 24.3 Å². The minimum atomic E-state index is -0.450. The van der Waals surface area contributed by atoms with Crippen LogP contribution in [0.1, 0.15) is 18.6 Å². The zero-order chi connectivity index (χ0) is 10.8. The summed E-state index contributed by atoms with van der Waals surface area (Å²) in [7, 11) is 1.60. The van der Waals surface area contributed by atoms with E-state index >= 15 is 0 Å². The number of fused-ring (bicyclic) bond motifs is 1. The van der Waals surface area contributed by atoms with Crippen molar-refractivity contribution in [3.8, 4) is 5.88 Å². The van der Waals surface area contributed by atoms with Crippen LogP contribution in [0.15, 0.2) is 30.5 Å². The molecule has 0 saturated heterocycles. The predicted octanol–water partition coefficient (Wildman–Crippen LogP) is 2.30. The van der Waals surface area contributed by atoms with Gasteiger partial charge in [0, 0.05) is 11.6 Å². The number of aliphatic hydroxyl groups excluding tert-OH is 1. The smallest absolute Gasteiger partial charge is 0.221 e. The molecule has 0 aliphatic heterocycles. The van der Waals surface area contributed by atoms with Gasteiger partial charge in [-0.3, -0.25) is 0 Å². The van der Waals surface area contributed by atoms with E-state index in [4.69, 9.17) is 4.74 Å². The summed E-state index contributed by atoms with van der Waals surface area (Å²) in [6.45, 7) is 1.75. The fourth-order valence-corrected chi connectivity index (χ4v) is 1.59. The van der Waals surface area contributed by atoms with Crippen molar-refractivity contribution in [2.45, 2.75) is 13.0 Å². The van der Waals surface area contributed by atoms with Gasteiger partial charge in [0.05, 0.1) is 13.2 Å². The highest BCUT2D eigenvalue weighted by atomic mass is 16.5. The van der Waals surface area contributed by atoms with Crippen LogP contribution in [0.5, 0.6) is 5.88 Å².